The van der Waals surface area contributed by atoms with Gasteiger partial charge in [0.25, 0.3) is 0 Å². The summed E-state index contributed by atoms with van der Waals surface area (Å²) in [4.78, 5) is 13.6. The van der Waals surface area contributed by atoms with E-state index in [4.69, 9.17) is 0 Å². The SMILES string of the molecule is CN(CCN1CCNCC1)Cc1cn2cccnc2n1. The topological polar surface area (TPSA) is 48.7 Å². The minimum Gasteiger partial charge on any atom is -0.314 e. The van der Waals surface area contributed by atoms with Crippen molar-refractivity contribution in [2.45, 2.75) is 6.54 Å². The van der Waals surface area contributed by atoms with Crippen molar-refractivity contribution >= 4 is 5.78 Å². The first-order valence-electron chi connectivity index (χ1n) is 7.21. The third-order valence-electron chi connectivity index (χ3n) is 3.72. The first-order chi connectivity index (χ1) is 9.81. The molecule has 3 heterocycles. The van der Waals surface area contributed by atoms with Crippen LogP contribution in [0.25, 0.3) is 5.78 Å². The van der Waals surface area contributed by atoms with Crippen LogP contribution in [0.3, 0.4) is 0 Å². The molecule has 1 saturated heterocycles. The molecule has 1 aliphatic heterocycles. The van der Waals surface area contributed by atoms with Crippen molar-refractivity contribution in [3.8, 4) is 0 Å². The van der Waals surface area contributed by atoms with Crippen molar-refractivity contribution in [3.05, 3.63) is 30.4 Å². The number of likely N-dealkylation sites (N-methyl/N-ethyl adjacent to an activating group) is 1. The summed E-state index contributed by atoms with van der Waals surface area (Å²) in [5, 5.41) is 3.38. The molecule has 108 valence electrons. The van der Waals surface area contributed by atoms with E-state index in [1.807, 2.05) is 16.7 Å². The molecule has 1 fully saturated rings. The number of aromatic nitrogens is 3. The molecule has 0 spiro atoms. The molecule has 1 N–H and O–H groups in total. The Morgan fingerprint density at radius 3 is 3.00 bits per heavy atom. The molecule has 0 aliphatic carbocycles. The van der Waals surface area contributed by atoms with Gasteiger partial charge in [0.05, 0.1) is 5.69 Å². The minimum absolute atomic E-state index is 0.776. The Kier molecular flexibility index (Phi) is 4.25. The van der Waals surface area contributed by atoms with Crippen molar-refractivity contribution in [1.82, 2.24) is 29.5 Å². The Hall–Kier alpha value is -1.50. The molecule has 0 atom stereocenters. The van der Waals surface area contributed by atoms with Gasteiger partial charge in [-0.25, -0.2) is 9.97 Å². The van der Waals surface area contributed by atoms with Gasteiger partial charge in [-0.1, -0.05) is 0 Å². The fourth-order valence-electron chi connectivity index (χ4n) is 2.56. The van der Waals surface area contributed by atoms with Gasteiger partial charge in [-0.3, -0.25) is 14.2 Å². The van der Waals surface area contributed by atoms with Crippen LogP contribution in [0.4, 0.5) is 0 Å². The van der Waals surface area contributed by atoms with Crippen LogP contribution in [0.15, 0.2) is 24.7 Å². The normalized spacial score (nSPS) is 17.1. The predicted octanol–water partition coefficient (Wildman–Crippen LogP) is 0.0663. The van der Waals surface area contributed by atoms with Crippen LogP contribution in [-0.2, 0) is 6.54 Å². The third kappa shape index (κ3) is 3.33. The molecule has 0 amide bonds. The Balaban J connectivity index is 1.51. The van der Waals surface area contributed by atoms with Crippen LogP contribution in [-0.4, -0.2) is 70.5 Å². The highest BCUT2D eigenvalue weighted by Gasteiger charge is 2.11. The van der Waals surface area contributed by atoms with Crippen LogP contribution >= 0.6 is 0 Å². The first kappa shape index (κ1) is 13.5. The maximum absolute atomic E-state index is 4.53. The number of nitrogens with one attached hydrogen (secondary N) is 1. The zero-order chi connectivity index (χ0) is 13.8. The smallest absolute Gasteiger partial charge is 0.233 e. The Morgan fingerprint density at radius 2 is 2.20 bits per heavy atom. The lowest BCUT2D eigenvalue weighted by Crippen LogP contribution is -2.45. The summed E-state index contributed by atoms with van der Waals surface area (Å²) in [6, 6.07) is 1.92. The molecule has 6 nitrogen and oxygen atoms in total. The number of imidazole rings is 1. The van der Waals surface area contributed by atoms with E-state index < -0.39 is 0 Å². The molecule has 1 aliphatic rings. The standard InChI is InChI=1S/C14H22N6/c1-18(9-10-19-7-4-15-5-8-19)11-13-12-20-6-2-3-16-14(20)17-13/h2-3,6,12,15H,4-5,7-11H2,1H3. The second-order valence-corrected chi connectivity index (χ2v) is 5.39. The van der Waals surface area contributed by atoms with Crippen molar-refractivity contribution in [2.75, 3.05) is 46.3 Å². The lowest BCUT2D eigenvalue weighted by molar-refractivity contribution is 0.201. The second-order valence-electron chi connectivity index (χ2n) is 5.39. The molecule has 2 aromatic heterocycles. The van der Waals surface area contributed by atoms with E-state index in [9.17, 15) is 0 Å². The molecule has 0 radical (unpaired) electrons. The highest BCUT2D eigenvalue weighted by atomic mass is 15.2. The zero-order valence-corrected chi connectivity index (χ0v) is 12.0. The van der Waals surface area contributed by atoms with E-state index in [1.165, 1.54) is 0 Å². The highest BCUT2D eigenvalue weighted by molar-refractivity contribution is 5.29. The molecule has 0 aromatic carbocycles. The summed E-state index contributed by atoms with van der Waals surface area (Å²) < 4.78 is 1.97. The van der Waals surface area contributed by atoms with Gasteiger partial charge in [0, 0.05) is 64.4 Å². The fourth-order valence-corrected chi connectivity index (χ4v) is 2.56. The Labute approximate surface area is 119 Å². The minimum atomic E-state index is 0.776. The number of hydrogen-bond acceptors (Lipinski definition) is 5. The fraction of sp³-hybridized carbons (Fsp3) is 0.571. The third-order valence-corrected chi connectivity index (χ3v) is 3.72. The number of piperazine rings is 1. The van der Waals surface area contributed by atoms with Gasteiger partial charge in [0.1, 0.15) is 0 Å². The van der Waals surface area contributed by atoms with Gasteiger partial charge >= 0.3 is 0 Å². The summed E-state index contributed by atoms with van der Waals surface area (Å²) in [5.74, 6) is 0.776. The molecule has 6 heteroatoms. The van der Waals surface area contributed by atoms with Crippen molar-refractivity contribution in [3.63, 3.8) is 0 Å². The predicted molar refractivity (Wildman–Crippen MR) is 78.6 cm³/mol. The molecular formula is C14H22N6. The highest BCUT2D eigenvalue weighted by Crippen LogP contribution is 2.04. The largest absolute Gasteiger partial charge is 0.314 e. The average molecular weight is 274 g/mol. The maximum atomic E-state index is 4.53. The summed E-state index contributed by atoms with van der Waals surface area (Å²) in [5.41, 5.74) is 1.08. The molecule has 20 heavy (non-hydrogen) atoms. The van der Waals surface area contributed by atoms with Crippen LogP contribution in [0.1, 0.15) is 5.69 Å². The molecule has 0 saturated carbocycles. The average Bonchev–Trinajstić information content (AvgIpc) is 2.88. The van der Waals surface area contributed by atoms with E-state index in [0.29, 0.717) is 0 Å². The van der Waals surface area contributed by atoms with Gasteiger partial charge in [-0.2, -0.15) is 0 Å². The maximum Gasteiger partial charge on any atom is 0.233 e. The quantitative estimate of drug-likeness (QED) is 0.836. The zero-order valence-electron chi connectivity index (χ0n) is 12.0. The number of hydrogen-bond donors (Lipinski definition) is 1. The molecule has 0 unspecified atom stereocenters. The first-order valence-corrected chi connectivity index (χ1v) is 7.21. The van der Waals surface area contributed by atoms with Crippen LogP contribution in [0, 0.1) is 0 Å². The van der Waals surface area contributed by atoms with Crippen molar-refractivity contribution in [2.24, 2.45) is 0 Å². The van der Waals surface area contributed by atoms with Crippen LogP contribution in [0.2, 0.25) is 0 Å². The van der Waals surface area contributed by atoms with E-state index in [1.54, 1.807) is 6.20 Å². The van der Waals surface area contributed by atoms with Gasteiger partial charge in [-0.15, -0.1) is 0 Å². The van der Waals surface area contributed by atoms with Crippen molar-refractivity contribution < 1.29 is 0 Å². The van der Waals surface area contributed by atoms with Gasteiger partial charge in [0.15, 0.2) is 0 Å². The Bertz CT molecular complexity index is 512. The summed E-state index contributed by atoms with van der Waals surface area (Å²) in [7, 11) is 2.15. The lowest BCUT2D eigenvalue weighted by atomic mass is 10.3. The van der Waals surface area contributed by atoms with E-state index in [-0.39, 0.29) is 0 Å². The van der Waals surface area contributed by atoms with Gasteiger partial charge in [-0.05, 0) is 13.1 Å². The summed E-state index contributed by atoms with van der Waals surface area (Å²) >= 11 is 0. The van der Waals surface area contributed by atoms with Gasteiger partial charge < -0.3 is 5.32 Å². The lowest BCUT2D eigenvalue weighted by Gasteiger charge is -2.28. The number of fused-ring (bicyclic) bond motifs is 1. The van der Waals surface area contributed by atoms with Crippen molar-refractivity contribution in [1.29, 1.82) is 0 Å². The van der Waals surface area contributed by atoms with Crippen LogP contribution in [0.5, 0.6) is 0 Å². The van der Waals surface area contributed by atoms with Crippen LogP contribution < -0.4 is 5.32 Å². The summed E-state index contributed by atoms with van der Waals surface area (Å²) in [6.07, 6.45) is 5.82. The monoisotopic (exact) mass is 274 g/mol. The molecule has 3 rings (SSSR count). The molecule has 0 bridgehead atoms. The van der Waals surface area contributed by atoms with E-state index in [2.05, 4.69) is 38.3 Å². The van der Waals surface area contributed by atoms with E-state index >= 15 is 0 Å². The van der Waals surface area contributed by atoms with Gasteiger partial charge in [0.2, 0.25) is 5.78 Å². The number of nitrogens with zero attached hydrogens (tertiary/aromatic N) is 5. The Morgan fingerprint density at radius 1 is 1.35 bits per heavy atom. The summed E-state index contributed by atoms with van der Waals surface area (Å²) in [6.45, 7) is 7.61. The molecular weight excluding hydrogens is 252 g/mol. The second kappa shape index (κ2) is 6.30. The van der Waals surface area contributed by atoms with E-state index in [0.717, 1.165) is 57.3 Å². The number of rotatable bonds is 5. The molecule has 2 aromatic rings.